The van der Waals surface area contributed by atoms with Crippen molar-refractivity contribution in [1.29, 1.82) is 0 Å². The molecule has 214 valence electrons. The van der Waals surface area contributed by atoms with Gasteiger partial charge in [-0.1, -0.05) is 48.5 Å². The fourth-order valence-corrected chi connectivity index (χ4v) is 5.35. The maximum Gasteiger partial charge on any atom is 0.342 e. The van der Waals surface area contributed by atoms with Crippen LogP contribution in [0.5, 0.6) is 17.2 Å². The van der Waals surface area contributed by atoms with Gasteiger partial charge < -0.3 is 23.9 Å². The van der Waals surface area contributed by atoms with Crippen LogP contribution in [-0.2, 0) is 17.9 Å². The summed E-state index contributed by atoms with van der Waals surface area (Å²) in [7, 11) is 3.13. The molecule has 0 aliphatic heterocycles. The number of methoxy groups -OCH3 is 2. The van der Waals surface area contributed by atoms with Gasteiger partial charge in [0.1, 0.15) is 34.6 Å². The Labute approximate surface area is 246 Å². The lowest BCUT2D eigenvalue weighted by Gasteiger charge is -2.14. The number of carbonyl (C=O) groups is 1. The van der Waals surface area contributed by atoms with Crippen LogP contribution in [0.25, 0.3) is 28.2 Å². The number of aromatic nitrogens is 3. The van der Waals surface area contributed by atoms with Gasteiger partial charge in [0, 0.05) is 29.3 Å². The van der Waals surface area contributed by atoms with E-state index >= 15 is 0 Å². The normalized spacial score (nSPS) is 11.5. The average molecular weight is 586 g/mol. The molecule has 0 aliphatic carbocycles. The highest BCUT2D eigenvalue weighted by molar-refractivity contribution is 8.04. The number of thioether (sulfide) groups is 1. The van der Waals surface area contributed by atoms with Crippen molar-refractivity contribution in [1.82, 2.24) is 14.8 Å². The number of rotatable bonds is 11. The molecule has 8 nitrogen and oxygen atoms in total. The third kappa shape index (κ3) is 6.08. The molecule has 1 aromatic heterocycles. The number of carboxylic acids is 1. The number of carboxylic acid groups (broad SMARTS) is 1. The van der Waals surface area contributed by atoms with Crippen LogP contribution in [0.15, 0.2) is 88.9 Å². The molecule has 4 aromatic carbocycles. The van der Waals surface area contributed by atoms with Crippen molar-refractivity contribution in [2.75, 3.05) is 14.2 Å². The molecule has 42 heavy (non-hydrogen) atoms. The smallest absolute Gasteiger partial charge is 0.342 e. The first-order chi connectivity index (χ1) is 20.4. The molecule has 5 rings (SSSR count). The fourth-order valence-electron chi connectivity index (χ4n) is 4.48. The Bertz CT molecular complexity index is 1760. The molecular formula is C32H28FN3O5S. The first-order valence-electron chi connectivity index (χ1n) is 13.1. The van der Waals surface area contributed by atoms with Crippen LogP contribution in [0.4, 0.5) is 4.39 Å². The molecule has 0 saturated heterocycles. The van der Waals surface area contributed by atoms with Crippen LogP contribution in [0, 0.1) is 5.82 Å². The zero-order valence-electron chi connectivity index (χ0n) is 23.2. The van der Waals surface area contributed by atoms with Crippen LogP contribution in [0.2, 0.25) is 0 Å². The maximum atomic E-state index is 14.3. The van der Waals surface area contributed by atoms with E-state index in [9.17, 15) is 14.3 Å². The van der Waals surface area contributed by atoms with Crippen molar-refractivity contribution >= 4 is 34.6 Å². The second kappa shape index (κ2) is 12.8. The highest BCUT2D eigenvalue weighted by Crippen LogP contribution is 2.36. The summed E-state index contributed by atoms with van der Waals surface area (Å²) in [5, 5.41) is 21.1. The van der Waals surface area contributed by atoms with Crippen molar-refractivity contribution < 1.29 is 28.5 Å². The number of aliphatic carboxylic acids is 1. The van der Waals surface area contributed by atoms with Crippen LogP contribution < -0.4 is 14.2 Å². The van der Waals surface area contributed by atoms with Crippen LogP contribution in [-0.4, -0.2) is 40.1 Å². The Kier molecular flexibility index (Phi) is 8.73. The molecule has 10 heteroatoms. The fraction of sp³-hybridized carbons (Fsp3) is 0.156. The van der Waals surface area contributed by atoms with Crippen LogP contribution in [0.1, 0.15) is 18.1 Å². The van der Waals surface area contributed by atoms with Gasteiger partial charge in [0.15, 0.2) is 11.0 Å². The minimum Gasteiger partial charge on any atom is -0.497 e. The lowest BCUT2D eigenvalue weighted by molar-refractivity contribution is -0.131. The lowest BCUT2D eigenvalue weighted by atomic mass is 10.0. The monoisotopic (exact) mass is 585 g/mol. The third-order valence-electron chi connectivity index (χ3n) is 6.60. The average Bonchev–Trinajstić information content (AvgIpc) is 3.43. The molecular weight excluding hydrogens is 557 g/mol. The molecule has 0 amide bonds. The van der Waals surface area contributed by atoms with Gasteiger partial charge in [-0.25, -0.2) is 9.18 Å². The zero-order valence-corrected chi connectivity index (χ0v) is 24.0. The number of fused-ring (bicyclic) bond motifs is 1. The number of nitrogens with zero attached hydrogens (tertiary/aromatic N) is 3. The maximum absolute atomic E-state index is 14.3. The summed E-state index contributed by atoms with van der Waals surface area (Å²) in [4.78, 5) is 12.6. The van der Waals surface area contributed by atoms with Gasteiger partial charge in [0.25, 0.3) is 0 Å². The van der Waals surface area contributed by atoms with Gasteiger partial charge in [0.05, 0.1) is 14.2 Å². The molecule has 0 fully saturated rings. The van der Waals surface area contributed by atoms with E-state index in [4.69, 9.17) is 14.2 Å². The van der Waals surface area contributed by atoms with Gasteiger partial charge in [-0.05, 0) is 59.8 Å². The number of halogens is 1. The first-order valence-corrected chi connectivity index (χ1v) is 13.9. The van der Waals surface area contributed by atoms with Gasteiger partial charge >= 0.3 is 5.97 Å². The molecule has 0 radical (unpaired) electrons. The molecule has 1 N–H and O–H groups in total. The molecule has 0 aliphatic rings. The molecule has 0 atom stereocenters. The molecule has 0 unspecified atom stereocenters. The first kappa shape index (κ1) is 28.7. The Morgan fingerprint density at radius 1 is 0.976 bits per heavy atom. The van der Waals surface area contributed by atoms with Crippen molar-refractivity contribution in [3.8, 4) is 28.6 Å². The standard InChI is InChI=1S/C32H28FN3O5S/c1-4-36-30(22-15-23(39-2)17-24(16-22)40-3)34-35-32(36)42-29(31(37)38)18-26-25-11-7-5-9-20(25)13-14-28(26)41-19-21-10-6-8-12-27(21)33/h5-18H,4,19H2,1-3H3,(H,37,38)/b29-18-. The highest BCUT2D eigenvalue weighted by Gasteiger charge is 2.21. The van der Waals surface area contributed by atoms with Gasteiger partial charge in [-0.15, -0.1) is 10.2 Å². The van der Waals surface area contributed by atoms with Crippen molar-refractivity contribution in [3.63, 3.8) is 0 Å². The molecule has 5 aromatic rings. The van der Waals surface area contributed by atoms with Crippen molar-refractivity contribution in [2.24, 2.45) is 0 Å². The molecule has 0 spiro atoms. The largest absolute Gasteiger partial charge is 0.497 e. The second-order valence-corrected chi connectivity index (χ2v) is 10.2. The number of hydrogen-bond donors (Lipinski definition) is 1. The Balaban J connectivity index is 1.55. The van der Waals surface area contributed by atoms with Crippen molar-refractivity contribution in [3.05, 3.63) is 101 Å². The predicted octanol–water partition coefficient (Wildman–Crippen LogP) is 7.07. The molecule has 0 bridgehead atoms. The zero-order chi connectivity index (χ0) is 29.6. The molecule has 0 saturated carbocycles. The summed E-state index contributed by atoms with van der Waals surface area (Å²) in [5.41, 5.74) is 1.67. The van der Waals surface area contributed by atoms with Gasteiger partial charge in [0.2, 0.25) is 0 Å². The quantitative estimate of drug-likeness (QED) is 0.130. The summed E-state index contributed by atoms with van der Waals surface area (Å²) >= 11 is 0.985. The van der Waals surface area contributed by atoms with E-state index in [2.05, 4.69) is 10.2 Å². The summed E-state index contributed by atoms with van der Waals surface area (Å²) in [6, 6.07) is 23.0. The van der Waals surface area contributed by atoms with Crippen molar-refractivity contribution in [2.45, 2.75) is 25.2 Å². The summed E-state index contributed by atoms with van der Waals surface area (Å²) < 4.78 is 33.0. The minimum atomic E-state index is -1.14. The predicted molar refractivity (Wildman–Crippen MR) is 160 cm³/mol. The number of hydrogen-bond acceptors (Lipinski definition) is 7. The van der Waals surface area contributed by atoms with E-state index in [1.54, 1.807) is 50.6 Å². The summed E-state index contributed by atoms with van der Waals surface area (Å²) in [6.45, 7) is 2.40. The molecule has 1 heterocycles. The SMILES string of the molecule is CCn1c(S/C(=C\c2c(OCc3ccccc3F)ccc3ccccc23)C(=O)O)nnc1-c1cc(OC)cc(OC)c1. The van der Waals surface area contributed by atoms with E-state index in [1.165, 1.54) is 6.07 Å². The number of ether oxygens (including phenoxy) is 3. The van der Waals surface area contributed by atoms with E-state index in [0.717, 1.165) is 22.5 Å². The minimum absolute atomic E-state index is 0.0129. The van der Waals surface area contributed by atoms with E-state index in [-0.39, 0.29) is 17.3 Å². The van der Waals surface area contributed by atoms with Gasteiger partial charge in [-0.2, -0.15) is 0 Å². The van der Waals surface area contributed by atoms with Gasteiger partial charge in [-0.3, -0.25) is 0 Å². The Morgan fingerprint density at radius 3 is 2.38 bits per heavy atom. The summed E-state index contributed by atoms with van der Waals surface area (Å²) in [6.07, 6.45) is 1.56. The lowest BCUT2D eigenvalue weighted by Crippen LogP contribution is -2.04. The summed E-state index contributed by atoms with van der Waals surface area (Å²) in [5.74, 6) is 0.644. The second-order valence-electron chi connectivity index (χ2n) is 9.15. The van der Waals surface area contributed by atoms with Crippen LogP contribution in [0.3, 0.4) is 0 Å². The number of benzene rings is 4. The topological polar surface area (TPSA) is 95.7 Å². The Morgan fingerprint density at radius 2 is 1.69 bits per heavy atom. The van der Waals surface area contributed by atoms with Crippen LogP contribution >= 0.6 is 11.8 Å². The Hall–Kier alpha value is -4.83. The van der Waals surface area contributed by atoms with E-state index in [1.807, 2.05) is 54.0 Å². The third-order valence-corrected chi connectivity index (χ3v) is 7.60. The van der Waals surface area contributed by atoms with E-state index < -0.39 is 5.97 Å². The van der Waals surface area contributed by atoms with E-state index in [0.29, 0.717) is 51.5 Å². The highest BCUT2D eigenvalue weighted by atomic mass is 32.2.